The first-order chi connectivity index (χ1) is 12.0. The first-order valence-electron chi connectivity index (χ1n) is 8.56. The predicted molar refractivity (Wildman–Crippen MR) is 93.7 cm³/mol. The molecule has 7 heteroatoms. The molecule has 1 saturated heterocycles. The highest BCUT2D eigenvalue weighted by Gasteiger charge is 2.41. The molecule has 3 rings (SSSR count). The van der Waals surface area contributed by atoms with Gasteiger partial charge in [0.05, 0.1) is 17.1 Å². The molecular formula is C19H22F3N3O. The van der Waals surface area contributed by atoms with E-state index in [0.29, 0.717) is 23.4 Å². The molecule has 1 atom stereocenters. The number of benzene rings is 1. The maximum atomic E-state index is 13.1. The van der Waals surface area contributed by atoms with Crippen LogP contribution in [0.5, 0.6) is 0 Å². The highest BCUT2D eigenvalue weighted by molar-refractivity contribution is 6.48. The second kappa shape index (κ2) is 6.14. The number of hydrogen-bond acceptors (Lipinski definition) is 3. The molecule has 2 heterocycles. The minimum atomic E-state index is -4.44. The van der Waals surface area contributed by atoms with Gasteiger partial charge in [-0.2, -0.15) is 13.2 Å². The molecule has 0 radical (unpaired) electrons. The maximum Gasteiger partial charge on any atom is 0.416 e. The largest absolute Gasteiger partial charge is 0.416 e. The van der Waals surface area contributed by atoms with E-state index in [-0.39, 0.29) is 11.8 Å². The van der Waals surface area contributed by atoms with E-state index in [9.17, 15) is 18.0 Å². The Morgan fingerprint density at radius 1 is 1.27 bits per heavy atom. The maximum absolute atomic E-state index is 13.1. The Balaban J connectivity index is 2.16. The lowest BCUT2D eigenvalue weighted by molar-refractivity contribution is -0.137. The van der Waals surface area contributed by atoms with E-state index in [1.165, 1.54) is 6.07 Å². The Bertz CT molecular complexity index is 806. The van der Waals surface area contributed by atoms with Crippen LogP contribution < -0.4 is 10.6 Å². The minimum absolute atomic E-state index is 0.0742. The summed E-state index contributed by atoms with van der Waals surface area (Å²) >= 11 is 0. The normalized spacial score (nSPS) is 22.5. The van der Waals surface area contributed by atoms with Gasteiger partial charge in [0.25, 0.3) is 5.91 Å². The molecule has 1 aromatic carbocycles. The van der Waals surface area contributed by atoms with Crippen LogP contribution in [0.2, 0.25) is 0 Å². The summed E-state index contributed by atoms with van der Waals surface area (Å²) in [6.45, 7) is 8.35. The Morgan fingerprint density at radius 2 is 1.96 bits per heavy atom. The van der Waals surface area contributed by atoms with E-state index in [1.54, 1.807) is 6.07 Å². The number of hydrogen-bond donors (Lipinski definition) is 2. The lowest BCUT2D eigenvalue weighted by Gasteiger charge is -2.23. The molecule has 0 aromatic heterocycles. The van der Waals surface area contributed by atoms with Gasteiger partial charge in [0.15, 0.2) is 0 Å². The second-order valence-electron chi connectivity index (χ2n) is 7.64. The van der Waals surface area contributed by atoms with Crippen molar-refractivity contribution in [3.8, 4) is 0 Å². The zero-order valence-corrected chi connectivity index (χ0v) is 15.2. The average molecular weight is 365 g/mol. The summed E-state index contributed by atoms with van der Waals surface area (Å²) < 4.78 is 39.3. The molecule has 140 valence electrons. The lowest BCUT2D eigenvalue weighted by Crippen LogP contribution is -2.34. The van der Waals surface area contributed by atoms with E-state index in [0.717, 1.165) is 17.8 Å². The van der Waals surface area contributed by atoms with Crippen molar-refractivity contribution in [2.45, 2.75) is 45.5 Å². The molecule has 2 aliphatic rings. The van der Waals surface area contributed by atoms with E-state index < -0.39 is 23.3 Å². The summed E-state index contributed by atoms with van der Waals surface area (Å²) in [6, 6.07) is 4.44. The third-order valence-corrected chi connectivity index (χ3v) is 4.58. The number of halogens is 3. The summed E-state index contributed by atoms with van der Waals surface area (Å²) in [5, 5.41) is 6.16. The molecule has 0 bridgehead atoms. The van der Waals surface area contributed by atoms with Crippen LogP contribution in [0.25, 0.3) is 0 Å². The number of nitrogens with zero attached hydrogens (tertiary/aromatic N) is 1. The van der Waals surface area contributed by atoms with Crippen LogP contribution in [-0.4, -0.2) is 23.7 Å². The molecule has 1 aromatic rings. The zero-order valence-electron chi connectivity index (χ0n) is 15.2. The number of fused-ring (bicyclic) bond motifs is 1. The van der Waals surface area contributed by atoms with Crippen molar-refractivity contribution in [1.82, 2.24) is 10.6 Å². The Labute approximate surface area is 150 Å². The summed E-state index contributed by atoms with van der Waals surface area (Å²) in [4.78, 5) is 17.1. The molecule has 2 aliphatic heterocycles. The highest BCUT2D eigenvalue weighted by atomic mass is 19.4. The SMILES string of the molecule is CC(C)C1=C2C(=NC(C)(C)CN1)C(=O)NC2c1cccc(C(F)(F)F)c1. The van der Waals surface area contributed by atoms with Gasteiger partial charge in [0, 0.05) is 17.8 Å². The summed E-state index contributed by atoms with van der Waals surface area (Å²) in [5.74, 6) is -0.276. The Kier molecular flexibility index (Phi) is 4.37. The summed E-state index contributed by atoms with van der Waals surface area (Å²) in [7, 11) is 0. The van der Waals surface area contributed by atoms with Crippen molar-refractivity contribution in [1.29, 1.82) is 0 Å². The van der Waals surface area contributed by atoms with Crippen LogP contribution in [0.1, 0.15) is 44.9 Å². The molecule has 0 aliphatic carbocycles. The molecule has 0 spiro atoms. The van der Waals surface area contributed by atoms with E-state index >= 15 is 0 Å². The van der Waals surface area contributed by atoms with Gasteiger partial charge in [0.1, 0.15) is 5.71 Å². The highest BCUT2D eigenvalue weighted by Crippen LogP contribution is 2.37. The number of amides is 1. The van der Waals surface area contributed by atoms with Crippen LogP contribution in [0.3, 0.4) is 0 Å². The lowest BCUT2D eigenvalue weighted by atomic mass is 9.92. The summed E-state index contributed by atoms with van der Waals surface area (Å²) in [6.07, 6.45) is -4.44. The fourth-order valence-corrected chi connectivity index (χ4v) is 3.33. The van der Waals surface area contributed by atoms with Crippen LogP contribution >= 0.6 is 0 Å². The number of carbonyl (C=O) groups is 1. The first-order valence-corrected chi connectivity index (χ1v) is 8.56. The van der Waals surface area contributed by atoms with Gasteiger partial charge < -0.3 is 10.6 Å². The van der Waals surface area contributed by atoms with Gasteiger partial charge in [-0.25, -0.2) is 0 Å². The number of nitrogens with one attached hydrogen (secondary N) is 2. The standard InChI is InChI=1S/C19H22F3N3O/c1-10(2)14-13-15(11-6-5-7-12(8-11)19(20,21)22)24-17(26)16(13)25-18(3,4)9-23-14/h5-8,10,15,23H,9H2,1-4H3,(H,24,26). The van der Waals surface area contributed by atoms with Crippen molar-refractivity contribution in [2.75, 3.05) is 6.54 Å². The molecule has 1 fully saturated rings. The molecule has 2 N–H and O–H groups in total. The van der Waals surface area contributed by atoms with Crippen LogP contribution in [0, 0.1) is 5.92 Å². The van der Waals surface area contributed by atoms with Gasteiger partial charge in [-0.05, 0) is 37.5 Å². The van der Waals surface area contributed by atoms with Crippen molar-refractivity contribution in [3.63, 3.8) is 0 Å². The fraction of sp³-hybridized carbons (Fsp3) is 0.474. The number of carbonyl (C=O) groups excluding carboxylic acids is 1. The van der Waals surface area contributed by atoms with E-state index in [1.807, 2.05) is 27.7 Å². The average Bonchev–Trinajstić information content (AvgIpc) is 2.74. The number of alkyl halides is 3. The van der Waals surface area contributed by atoms with Crippen molar-refractivity contribution in [3.05, 3.63) is 46.7 Å². The number of aliphatic imine (C=N–C) groups is 1. The van der Waals surface area contributed by atoms with Crippen LogP contribution in [-0.2, 0) is 11.0 Å². The van der Waals surface area contributed by atoms with Crippen LogP contribution in [0.15, 0.2) is 40.5 Å². The molecule has 1 amide bonds. The van der Waals surface area contributed by atoms with Gasteiger partial charge in [0.2, 0.25) is 0 Å². The minimum Gasteiger partial charge on any atom is -0.385 e. The van der Waals surface area contributed by atoms with Gasteiger partial charge in [-0.1, -0.05) is 26.0 Å². The second-order valence-corrected chi connectivity index (χ2v) is 7.64. The Hall–Kier alpha value is -2.31. The zero-order chi connectivity index (χ0) is 19.3. The molecule has 4 nitrogen and oxygen atoms in total. The van der Waals surface area contributed by atoms with Crippen molar-refractivity contribution < 1.29 is 18.0 Å². The predicted octanol–water partition coefficient (Wildman–Crippen LogP) is 3.61. The third kappa shape index (κ3) is 3.34. The Morgan fingerprint density at radius 3 is 2.58 bits per heavy atom. The molecule has 26 heavy (non-hydrogen) atoms. The quantitative estimate of drug-likeness (QED) is 0.841. The number of rotatable bonds is 2. The monoisotopic (exact) mass is 365 g/mol. The van der Waals surface area contributed by atoms with Gasteiger partial charge in [-0.15, -0.1) is 0 Å². The van der Waals surface area contributed by atoms with Gasteiger partial charge in [-0.3, -0.25) is 9.79 Å². The van der Waals surface area contributed by atoms with Gasteiger partial charge >= 0.3 is 6.18 Å². The number of allylic oxidation sites excluding steroid dienone is 1. The van der Waals surface area contributed by atoms with E-state index in [2.05, 4.69) is 15.6 Å². The van der Waals surface area contributed by atoms with Crippen LogP contribution in [0.4, 0.5) is 13.2 Å². The first kappa shape index (κ1) is 18.5. The molecule has 0 saturated carbocycles. The third-order valence-electron chi connectivity index (χ3n) is 4.58. The van der Waals surface area contributed by atoms with Crippen molar-refractivity contribution >= 4 is 11.6 Å². The molecular weight excluding hydrogens is 343 g/mol. The summed E-state index contributed by atoms with van der Waals surface area (Å²) in [5.41, 5.74) is 0.976. The smallest absolute Gasteiger partial charge is 0.385 e. The topological polar surface area (TPSA) is 53.5 Å². The fourth-order valence-electron chi connectivity index (χ4n) is 3.33. The molecule has 1 unspecified atom stereocenters. The van der Waals surface area contributed by atoms with Crippen molar-refractivity contribution in [2.24, 2.45) is 10.9 Å². The van der Waals surface area contributed by atoms with E-state index in [4.69, 9.17) is 0 Å².